The van der Waals surface area contributed by atoms with Crippen molar-refractivity contribution in [2.45, 2.75) is 12.8 Å². The summed E-state index contributed by atoms with van der Waals surface area (Å²) in [6.45, 7) is 2.46. The molecule has 2 amide bonds. The van der Waals surface area contributed by atoms with Gasteiger partial charge >= 0.3 is 0 Å². The molecule has 0 unspecified atom stereocenters. The molecule has 4 rings (SSSR count). The van der Waals surface area contributed by atoms with Crippen LogP contribution in [0.5, 0.6) is 5.75 Å². The predicted octanol–water partition coefficient (Wildman–Crippen LogP) is 4.12. The number of hydrogen-bond donors (Lipinski definition) is 0. The maximum atomic E-state index is 13.0. The van der Waals surface area contributed by atoms with Crippen LogP contribution in [0.3, 0.4) is 0 Å². The van der Waals surface area contributed by atoms with E-state index in [4.69, 9.17) is 4.74 Å². The Balaban J connectivity index is 1.21. The number of rotatable bonds is 6. The summed E-state index contributed by atoms with van der Waals surface area (Å²) in [5.41, 5.74) is 0.465. The van der Waals surface area contributed by atoms with Crippen LogP contribution in [0.4, 0.5) is 4.39 Å². The van der Waals surface area contributed by atoms with E-state index in [1.807, 2.05) is 42.5 Å². The average molecular weight is 420 g/mol. The van der Waals surface area contributed by atoms with Crippen LogP contribution in [0.2, 0.25) is 0 Å². The smallest absolute Gasteiger partial charge is 0.253 e. The molecular formula is C25H25FN2O3. The fourth-order valence-corrected chi connectivity index (χ4v) is 3.82. The standard InChI is InChI=1S/C25H25FN2O3/c26-21-12-10-20(11-13-21)25(30)28-16-14-27(15-17-28)24(29)9-4-18-31-23-8-3-6-19-5-1-2-7-22(19)23/h1-3,5-8,10-13H,4,9,14-18H2. The molecule has 0 spiro atoms. The first kappa shape index (κ1) is 20.8. The van der Waals surface area contributed by atoms with Gasteiger partial charge in [0.1, 0.15) is 11.6 Å². The minimum Gasteiger partial charge on any atom is -0.493 e. The molecule has 160 valence electrons. The van der Waals surface area contributed by atoms with E-state index < -0.39 is 0 Å². The lowest BCUT2D eigenvalue weighted by atomic mass is 10.1. The number of benzene rings is 3. The lowest BCUT2D eigenvalue weighted by Gasteiger charge is -2.35. The lowest BCUT2D eigenvalue weighted by Crippen LogP contribution is -2.50. The van der Waals surface area contributed by atoms with Gasteiger partial charge < -0.3 is 14.5 Å². The predicted molar refractivity (Wildman–Crippen MR) is 118 cm³/mol. The number of hydrogen-bond acceptors (Lipinski definition) is 3. The van der Waals surface area contributed by atoms with Crippen LogP contribution in [0, 0.1) is 5.82 Å². The van der Waals surface area contributed by atoms with E-state index in [1.54, 1.807) is 9.80 Å². The van der Waals surface area contributed by atoms with Gasteiger partial charge in [0.25, 0.3) is 5.91 Å². The Morgan fingerprint density at radius 3 is 2.29 bits per heavy atom. The Bertz CT molecular complexity index is 1050. The second kappa shape index (κ2) is 9.60. The summed E-state index contributed by atoms with van der Waals surface area (Å²) in [4.78, 5) is 28.5. The second-order valence-corrected chi connectivity index (χ2v) is 7.61. The summed E-state index contributed by atoms with van der Waals surface area (Å²) in [5.74, 6) is 0.417. The van der Waals surface area contributed by atoms with Gasteiger partial charge in [-0.25, -0.2) is 4.39 Å². The molecule has 1 saturated heterocycles. The zero-order valence-corrected chi connectivity index (χ0v) is 17.3. The van der Waals surface area contributed by atoms with Crippen molar-refractivity contribution in [1.82, 2.24) is 9.80 Å². The molecule has 3 aromatic rings. The zero-order chi connectivity index (χ0) is 21.6. The van der Waals surface area contributed by atoms with Crippen LogP contribution in [0.25, 0.3) is 10.8 Å². The van der Waals surface area contributed by atoms with Gasteiger partial charge in [0.05, 0.1) is 6.61 Å². The second-order valence-electron chi connectivity index (χ2n) is 7.61. The molecule has 5 nitrogen and oxygen atoms in total. The number of fused-ring (bicyclic) bond motifs is 1. The first-order valence-corrected chi connectivity index (χ1v) is 10.5. The Kier molecular flexibility index (Phi) is 6.46. The van der Waals surface area contributed by atoms with Crippen LogP contribution in [0.1, 0.15) is 23.2 Å². The topological polar surface area (TPSA) is 49.9 Å². The van der Waals surface area contributed by atoms with E-state index >= 15 is 0 Å². The van der Waals surface area contributed by atoms with Gasteiger partial charge in [-0.3, -0.25) is 9.59 Å². The fourth-order valence-electron chi connectivity index (χ4n) is 3.82. The number of piperazine rings is 1. The van der Waals surface area contributed by atoms with Gasteiger partial charge in [0, 0.05) is 43.5 Å². The summed E-state index contributed by atoms with van der Waals surface area (Å²) >= 11 is 0. The number of amides is 2. The van der Waals surface area contributed by atoms with Crippen LogP contribution in [0.15, 0.2) is 66.7 Å². The molecule has 0 radical (unpaired) electrons. The Morgan fingerprint density at radius 1 is 0.839 bits per heavy atom. The number of carbonyl (C=O) groups is 2. The quantitative estimate of drug-likeness (QED) is 0.564. The van der Waals surface area contributed by atoms with Crippen molar-refractivity contribution in [2.24, 2.45) is 0 Å². The summed E-state index contributed by atoms with van der Waals surface area (Å²) in [7, 11) is 0. The van der Waals surface area contributed by atoms with E-state index in [0.29, 0.717) is 51.2 Å². The summed E-state index contributed by atoms with van der Waals surface area (Å²) < 4.78 is 19.0. The van der Waals surface area contributed by atoms with E-state index in [1.165, 1.54) is 24.3 Å². The molecule has 0 atom stereocenters. The highest BCUT2D eigenvalue weighted by Gasteiger charge is 2.24. The summed E-state index contributed by atoms with van der Waals surface area (Å²) in [6.07, 6.45) is 1.05. The van der Waals surface area contributed by atoms with Crippen molar-refractivity contribution in [2.75, 3.05) is 32.8 Å². The average Bonchev–Trinajstić information content (AvgIpc) is 2.82. The van der Waals surface area contributed by atoms with Crippen LogP contribution in [-0.4, -0.2) is 54.4 Å². The maximum absolute atomic E-state index is 13.0. The fraction of sp³-hybridized carbons (Fsp3) is 0.280. The highest BCUT2D eigenvalue weighted by Crippen LogP contribution is 2.25. The largest absolute Gasteiger partial charge is 0.493 e. The normalized spacial score (nSPS) is 14.0. The van der Waals surface area contributed by atoms with Gasteiger partial charge in [0.2, 0.25) is 5.91 Å². The highest BCUT2D eigenvalue weighted by atomic mass is 19.1. The molecule has 0 bridgehead atoms. The third-order valence-electron chi connectivity index (χ3n) is 5.55. The van der Waals surface area contributed by atoms with Crippen LogP contribution >= 0.6 is 0 Å². The van der Waals surface area contributed by atoms with Gasteiger partial charge in [-0.1, -0.05) is 36.4 Å². The molecule has 0 N–H and O–H groups in total. The molecule has 1 fully saturated rings. The summed E-state index contributed by atoms with van der Waals surface area (Å²) in [5, 5.41) is 2.20. The first-order chi connectivity index (χ1) is 15.1. The third kappa shape index (κ3) is 5.02. The number of nitrogens with zero attached hydrogens (tertiary/aromatic N) is 2. The molecule has 1 heterocycles. The van der Waals surface area contributed by atoms with Crippen LogP contribution in [-0.2, 0) is 4.79 Å². The van der Waals surface area contributed by atoms with Crippen LogP contribution < -0.4 is 4.74 Å². The Morgan fingerprint density at radius 2 is 1.52 bits per heavy atom. The van der Waals surface area contributed by atoms with Gasteiger partial charge in [-0.15, -0.1) is 0 Å². The van der Waals surface area contributed by atoms with Gasteiger partial charge in [-0.05, 0) is 42.1 Å². The number of ether oxygens (including phenoxy) is 1. The first-order valence-electron chi connectivity index (χ1n) is 10.5. The zero-order valence-electron chi connectivity index (χ0n) is 17.3. The van der Waals surface area contributed by atoms with E-state index in [2.05, 4.69) is 0 Å². The Hall–Kier alpha value is -3.41. The van der Waals surface area contributed by atoms with E-state index in [-0.39, 0.29) is 17.6 Å². The van der Waals surface area contributed by atoms with Crippen molar-refractivity contribution in [3.05, 3.63) is 78.1 Å². The number of carbonyl (C=O) groups excluding carboxylic acids is 2. The van der Waals surface area contributed by atoms with Crippen molar-refractivity contribution >= 4 is 22.6 Å². The Labute approximate surface area is 181 Å². The molecular weight excluding hydrogens is 395 g/mol. The highest BCUT2D eigenvalue weighted by molar-refractivity contribution is 5.94. The molecule has 0 aliphatic carbocycles. The molecule has 1 aliphatic heterocycles. The minimum absolute atomic E-state index is 0.0791. The van der Waals surface area contributed by atoms with Gasteiger partial charge in [0.15, 0.2) is 0 Å². The van der Waals surface area contributed by atoms with E-state index in [0.717, 1.165) is 16.5 Å². The monoisotopic (exact) mass is 420 g/mol. The van der Waals surface area contributed by atoms with Crippen molar-refractivity contribution in [3.8, 4) is 5.75 Å². The van der Waals surface area contributed by atoms with Crippen molar-refractivity contribution < 1.29 is 18.7 Å². The molecule has 3 aromatic carbocycles. The van der Waals surface area contributed by atoms with E-state index in [9.17, 15) is 14.0 Å². The molecule has 6 heteroatoms. The van der Waals surface area contributed by atoms with Crippen molar-refractivity contribution in [3.63, 3.8) is 0 Å². The minimum atomic E-state index is -0.364. The maximum Gasteiger partial charge on any atom is 0.253 e. The molecule has 0 aromatic heterocycles. The SMILES string of the molecule is O=C(CCCOc1cccc2ccccc12)N1CCN(C(=O)c2ccc(F)cc2)CC1. The molecule has 1 aliphatic rings. The summed E-state index contributed by atoms with van der Waals surface area (Å²) in [6, 6.07) is 19.6. The van der Waals surface area contributed by atoms with Crippen molar-refractivity contribution in [1.29, 1.82) is 0 Å². The number of halogens is 1. The van der Waals surface area contributed by atoms with Gasteiger partial charge in [-0.2, -0.15) is 0 Å². The third-order valence-corrected chi connectivity index (χ3v) is 5.55. The molecule has 31 heavy (non-hydrogen) atoms. The molecule has 0 saturated carbocycles. The lowest BCUT2D eigenvalue weighted by molar-refractivity contribution is -0.132.